The zero-order valence-corrected chi connectivity index (χ0v) is 12.0. The number of nitrogens with zero attached hydrogens (tertiary/aromatic N) is 1. The van der Waals surface area contributed by atoms with Gasteiger partial charge in [0.05, 0.1) is 6.04 Å². The third kappa shape index (κ3) is 3.21. The van der Waals surface area contributed by atoms with Crippen molar-refractivity contribution in [1.82, 2.24) is 10.3 Å². The van der Waals surface area contributed by atoms with Gasteiger partial charge in [0.15, 0.2) is 0 Å². The maximum atomic E-state index is 4.29. The highest BCUT2D eigenvalue weighted by Crippen LogP contribution is 2.26. The average Bonchev–Trinajstić information content (AvgIpc) is 2.42. The largest absolute Gasteiger partial charge is 0.306 e. The molecule has 0 aliphatic carbocycles. The summed E-state index contributed by atoms with van der Waals surface area (Å²) in [6.45, 7) is 7.52. The lowest BCUT2D eigenvalue weighted by molar-refractivity contribution is 0.592. The first-order valence-electron chi connectivity index (χ1n) is 6.93. The molecule has 2 rings (SSSR count). The van der Waals surface area contributed by atoms with Gasteiger partial charge >= 0.3 is 0 Å². The van der Waals surface area contributed by atoms with Crippen molar-refractivity contribution in [3.05, 3.63) is 65.0 Å². The molecule has 1 unspecified atom stereocenters. The lowest BCUT2D eigenvalue weighted by Crippen LogP contribution is -2.24. The van der Waals surface area contributed by atoms with E-state index in [0.717, 1.165) is 13.0 Å². The molecule has 2 heteroatoms. The van der Waals surface area contributed by atoms with Crippen LogP contribution < -0.4 is 5.32 Å². The van der Waals surface area contributed by atoms with E-state index in [1.165, 1.54) is 22.3 Å². The highest BCUT2D eigenvalue weighted by Gasteiger charge is 2.16. The molecule has 1 aromatic carbocycles. The fourth-order valence-corrected chi connectivity index (χ4v) is 2.37. The van der Waals surface area contributed by atoms with Crippen molar-refractivity contribution >= 4 is 0 Å². The van der Waals surface area contributed by atoms with Gasteiger partial charge in [0.2, 0.25) is 0 Å². The molecule has 0 saturated heterocycles. The Morgan fingerprint density at radius 3 is 2.47 bits per heavy atom. The van der Waals surface area contributed by atoms with Crippen molar-refractivity contribution in [3.63, 3.8) is 0 Å². The van der Waals surface area contributed by atoms with Crippen LogP contribution in [0, 0.1) is 13.8 Å². The Kier molecular flexibility index (Phi) is 4.69. The average molecular weight is 254 g/mol. The normalized spacial score (nSPS) is 12.4. The van der Waals surface area contributed by atoms with Gasteiger partial charge in [-0.15, -0.1) is 0 Å². The van der Waals surface area contributed by atoms with E-state index in [2.05, 4.69) is 61.4 Å². The highest BCUT2D eigenvalue weighted by atomic mass is 14.9. The maximum Gasteiger partial charge on any atom is 0.0597 e. The number of aryl methyl sites for hydroxylation is 2. The van der Waals surface area contributed by atoms with Crippen molar-refractivity contribution in [1.29, 1.82) is 0 Å². The van der Waals surface area contributed by atoms with Crippen LogP contribution in [-0.4, -0.2) is 11.5 Å². The summed E-state index contributed by atoms with van der Waals surface area (Å²) in [5.41, 5.74) is 5.21. The molecule has 0 spiro atoms. The molecule has 0 aliphatic heterocycles. The maximum absolute atomic E-state index is 4.29. The van der Waals surface area contributed by atoms with Crippen molar-refractivity contribution in [2.24, 2.45) is 0 Å². The van der Waals surface area contributed by atoms with Crippen LogP contribution in [0.15, 0.2) is 42.7 Å². The number of benzene rings is 1. The summed E-state index contributed by atoms with van der Waals surface area (Å²) in [4.78, 5) is 4.29. The third-order valence-electron chi connectivity index (χ3n) is 3.49. The van der Waals surface area contributed by atoms with Gasteiger partial charge in [-0.3, -0.25) is 4.98 Å². The Labute approximate surface area is 115 Å². The number of hydrogen-bond donors (Lipinski definition) is 1. The fraction of sp³-hybridized carbons (Fsp3) is 0.353. The molecular weight excluding hydrogens is 232 g/mol. The molecule has 0 amide bonds. The zero-order chi connectivity index (χ0) is 13.7. The molecule has 0 aliphatic rings. The predicted molar refractivity (Wildman–Crippen MR) is 80.3 cm³/mol. The molecule has 1 aromatic heterocycles. The minimum absolute atomic E-state index is 0.231. The molecule has 0 fully saturated rings. The van der Waals surface area contributed by atoms with Gasteiger partial charge in [0.1, 0.15) is 0 Å². The molecule has 1 N–H and O–H groups in total. The van der Waals surface area contributed by atoms with Crippen molar-refractivity contribution in [2.75, 3.05) is 6.54 Å². The lowest BCUT2D eigenvalue weighted by atomic mass is 9.93. The van der Waals surface area contributed by atoms with Gasteiger partial charge < -0.3 is 5.32 Å². The van der Waals surface area contributed by atoms with E-state index in [1.807, 2.05) is 12.4 Å². The second-order valence-corrected chi connectivity index (χ2v) is 4.98. The predicted octanol–water partition coefficient (Wildman–Crippen LogP) is 3.79. The van der Waals surface area contributed by atoms with Gasteiger partial charge in [-0.05, 0) is 55.1 Å². The summed E-state index contributed by atoms with van der Waals surface area (Å²) in [5.74, 6) is 0. The van der Waals surface area contributed by atoms with Crippen LogP contribution in [0.25, 0.3) is 0 Å². The molecule has 2 aromatic rings. The highest BCUT2D eigenvalue weighted by molar-refractivity contribution is 5.38. The molecule has 1 atom stereocenters. The van der Waals surface area contributed by atoms with Crippen LogP contribution in [0.3, 0.4) is 0 Å². The molecule has 0 bridgehead atoms. The van der Waals surface area contributed by atoms with Crippen molar-refractivity contribution in [2.45, 2.75) is 33.2 Å². The monoisotopic (exact) mass is 254 g/mol. The van der Waals surface area contributed by atoms with Crippen LogP contribution in [0.5, 0.6) is 0 Å². The molecule has 0 radical (unpaired) electrons. The van der Waals surface area contributed by atoms with Crippen molar-refractivity contribution < 1.29 is 0 Å². The Bertz CT molecular complexity index is 489. The van der Waals surface area contributed by atoms with Gasteiger partial charge in [-0.25, -0.2) is 0 Å². The molecule has 1 heterocycles. The number of aromatic nitrogens is 1. The van der Waals surface area contributed by atoms with Crippen molar-refractivity contribution in [3.8, 4) is 0 Å². The third-order valence-corrected chi connectivity index (χ3v) is 3.49. The van der Waals surface area contributed by atoms with E-state index in [4.69, 9.17) is 0 Å². The van der Waals surface area contributed by atoms with Crippen LogP contribution in [0.4, 0.5) is 0 Å². The summed E-state index contributed by atoms with van der Waals surface area (Å²) >= 11 is 0. The molecular formula is C17H22N2. The molecule has 100 valence electrons. The summed E-state index contributed by atoms with van der Waals surface area (Å²) in [6.07, 6.45) is 4.96. The SMILES string of the molecule is CCCNC(c1ccccc1C)c1cnccc1C. The Balaban J connectivity index is 2.42. The van der Waals surface area contributed by atoms with Gasteiger partial charge in [0, 0.05) is 12.4 Å². The minimum Gasteiger partial charge on any atom is -0.306 e. The Hall–Kier alpha value is -1.67. The summed E-state index contributed by atoms with van der Waals surface area (Å²) in [6, 6.07) is 10.9. The van der Waals surface area contributed by atoms with Crippen LogP contribution >= 0.6 is 0 Å². The van der Waals surface area contributed by atoms with E-state index < -0.39 is 0 Å². The summed E-state index contributed by atoms with van der Waals surface area (Å²) < 4.78 is 0. The Morgan fingerprint density at radius 1 is 1.05 bits per heavy atom. The lowest BCUT2D eigenvalue weighted by Gasteiger charge is -2.22. The Morgan fingerprint density at radius 2 is 1.79 bits per heavy atom. The number of rotatable bonds is 5. The second-order valence-electron chi connectivity index (χ2n) is 4.98. The number of pyridine rings is 1. The van der Waals surface area contributed by atoms with E-state index in [9.17, 15) is 0 Å². The van der Waals surface area contributed by atoms with Crippen LogP contribution in [-0.2, 0) is 0 Å². The number of hydrogen-bond acceptors (Lipinski definition) is 2. The van der Waals surface area contributed by atoms with Gasteiger partial charge in [0.25, 0.3) is 0 Å². The van der Waals surface area contributed by atoms with Gasteiger partial charge in [-0.1, -0.05) is 31.2 Å². The molecule has 0 saturated carbocycles. The quantitative estimate of drug-likeness (QED) is 0.878. The van der Waals surface area contributed by atoms with Crippen LogP contribution in [0.1, 0.15) is 41.6 Å². The zero-order valence-electron chi connectivity index (χ0n) is 12.0. The van der Waals surface area contributed by atoms with E-state index >= 15 is 0 Å². The molecule has 2 nitrogen and oxygen atoms in total. The van der Waals surface area contributed by atoms with Gasteiger partial charge in [-0.2, -0.15) is 0 Å². The number of nitrogens with one attached hydrogen (secondary N) is 1. The first kappa shape index (κ1) is 13.8. The fourth-order valence-electron chi connectivity index (χ4n) is 2.37. The first-order chi connectivity index (χ1) is 9.24. The first-order valence-corrected chi connectivity index (χ1v) is 6.93. The second kappa shape index (κ2) is 6.48. The smallest absolute Gasteiger partial charge is 0.0597 e. The summed E-state index contributed by atoms with van der Waals surface area (Å²) in [7, 11) is 0. The van der Waals surface area contributed by atoms with E-state index in [1.54, 1.807) is 0 Å². The topological polar surface area (TPSA) is 24.9 Å². The van der Waals surface area contributed by atoms with E-state index in [-0.39, 0.29) is 6.04 Å². The minimum atomic E-state index is 0.231. The van der Waals surface area contributed by atoms with E-state index in [0.29, 0.717) is 0 Å². The van der Waals surface area contributed by atoms with Crippen LogP contribution in [0.2, 0.25) is 0 Å². The summed E-state index contributed by atoms with van der Waals surface area (Å²) in [5, 5.41) is 3.64. The standard InChI is InChI=1S/C17H22N2/c1-4-10-19-17(15-8-6-5-7-13(15)2)16-12-18-11-9-14(16)3/h5-9,11-12,17,19H,4,10H2,1-3H3. The molecule has 19 heavy (non-hydrogen) atoms.